The van der Waals surface area contributed by atoms with Gasteiger partial charge >= 0.3 is 0 Å². The maximum absolute atomic E-state index is 6.36. The van der Waals surface area contributed by atoms with Gasteiger partial charge in [0, 0.05) is 44.0 Å². The number of aryl methyl sites for hydroxylation is 1. The van der Waals surface area contributed by atoms with Crippen LogP contribution < -0.4 is 10.1 Å². The zero-order valence-electron chi connectivity index (χ0n) is 17.4. The van der Waals surface area contributed by atoms with Gasteiger partial charge in [-0.25, -0.2) is 9.50 Å². The average Bonchev–Trinajstić information content (AvgIpc) is 3.38. The van der Waals surface area contributed by atoms with E-state index in [4.69, 9.17) is 9.72 Å². The molecule has 2 aromatic heterocycles. The topological polar surface area (TPSA) is 57.9 Å². The number of nitrogens with one attached hydrogen (secondary N) is 1. The molecule has 156 valence electrons. The van der Waals surface area contributed by atoms with Gasteiger partial charge in [-0.2, -0.15) is 5.10 Å². The second-order valence-electron chi connectivity index (χ2n) is 8.79. The van der Waals surface area contributed by atoms with Crippen LogP contribution in [0.25, 0.3) is 16.8 Å². The van der Waals surface area contributed by atoms with E-state index < -0.39 is 0 Å². The molecular weight excluding hydrogens is 376 g/mol. The van der Waals surface area contributed by atoms with Crippen molar-refractivity contribution in [1.82, 2.24) is 24.4 Å². The molecule has 7 heteroatoms. The molecule has 3 aliphatic rings. The first kappa shape index (κ1) is 18.2. The molecule has 2 fully saturated rings. The van der Waals surface area contributed by atoms with Crippen LogP contribution in [-0.4, -0.2) is 75.8 Å². The third-order valence-corrected chi connectivity index (χ3v) is 6.92. The van der Waals surface area contributed by atoms with Gasteiger partial charge in [0.15, 0.2) is 5.65 Å². The van der Waals surface area contributed by atoms with E-state index in [0.29, 0.717) is 12.1 Å². The normalized spacial score (nSPS) is 24.7. The lowest BCUT2D eigenvalue weighted by Crippen LogP contribution is -2.58. The summed E-state index contributed by atoms with van der Waals surface area (Å²) in [5, 5.41) is 8.05. The van der Waals surface area contributed by atoms with Crippen LogP contribution in [0.2, 0.25) is 0 Å². The van der Waals surface area contributed by atoms with E-state index >= 15 is 0 Å². The van der Waals surface area contributed by atoms with Crippen LogP contribution in [0.3, 0.4) is 0 Å². The van der Waals surface area contributed by atoms with Crippen molar-refractivity contribution in [2.75, 3.05) is 44.6 Å². The summed E-state index contributed by atoms with van der Waals surface area (Å²) in [5.41, 5.74) is 4.24. The monoisotopic (exact) mass is 404 g/mol. The lowest BCUT2D eigenvalue weighted by molar-refractivity contribution is 0.0301. The molecule has 2 saturated heterocycles. The summed E-state index contributed by atoms with van der Waals surface area (Å²) < 4.78 is 8.20. The van der Waals surface area contributed by atoms with Gasteiger partial charge in [0.25, 0.3) is 0 Å². The molecule has 0 saturated carbocycles. The maximum Gasteiger partial charge on any atom is 0.165 e. The summed E-state index contributed by atoms with van der Waals surface area (Å²) in [6.07, 6.45) is 6.53. The van der Waals surface area contributed by atoms with E-state index in [2.05, 4.69) is 45.3 Å². The Balaban J connectivity index is 1.39. The number of aromatic nitrogens is 3. The summed E-state index contributed by atoms with van der Waals surface area (Å²) in [6.45, 7) is 8.19. The van der Waals surface area contributed by atoms with Crippen LogP contribution in [0, 0.1) is 6.92 Å². The quantitative estimate of drug-likeness (QED) is 0.622. The molecule has 0 amide bonds. The van der Waals surface area contributed by atoms with Gasteiger partial charge in [0.05, 0.1) is 12.2 Å². The molecule has 0 spiro atoms. The van der Waals surface area contributed by atoms with Crippen LogP contribution >= 0.6 is 0 Å². The Morgan fingerprint density at radius 1 is 1.07 bits per heavy atom. The van der Waals surface area contributed by atoms with Gasteiger partial charge in [-0.15, -0.1) is 0 Å². The van der Waals surface area contributed by atoms with E-state index in [-0.39, 0.29) is 0 Å². The fourth-order valence-electron chi connectivity index (χ4n) is 5.24. The van der Waals surface area contributed by atoms with E-state index in [1.807, 2.05) is 23.0 Å². The molecule has 0 aliphatic carbocycles. The number of benzene rings is 1. The zero-order chi connectivity index (χ0) is 20.1. The molecule has 3 aromatic rings. The average molecular weight is 405 g/mol. The van der Waals surface area contributed by atoms with Crippen LogP contribution in [0.5, 0.6) is 5.75 Å². The third-order valence-electron chi connectivity index (χ3n) is 6.92. The Kier molecular flexibility index (Phi) is 4.39. The van der Waals surface area contributed by atoms with Gasteiger partial charge in [0.2, 0.25) is 0 Å². The first-order chi connectivity index (χ1) is 14.7. The molecule has 1 aromatic carbocycles. The van der Waals surface area contributed by atoms with Crippen LogP contribution in [-0.2, 0) is 0 Å². The Hall–Kier alpha value is -2.64. The van der Waals surface area contributed by atoms with Crippen molar-refractivity contribution in [2.24, 2.45) is 0 Å². The number of hydrogen-bond acceptors (Lipinski definition) is 6. The Bertz CT molecular complexity index is 1080. The molecule has 0 unspecified atom stereocenters. The first-order valence-electron chi connectivity index (χ1n) is 11.0. The number of hydrogen-bond donors (Lipinski definition) is 1. The summed E-state index contributed by atoms with van der Waals surface area (Å²) in [4.78, 5) is 10.2. The molecule has 6 rings (SSSR count). The van der Waals surface area contributed by atoms with Gasteiger partial charge in [-0.1, -0.05) is 6.07 Å². The van der Waals surface area contributed by atoms with E-state index in [9.17, 15) is 0 Å². The smallest absolute Gasteiger partial charge is 0.165 e. The number of piperazine rings is 1. The Morgan fingerprint density at radius 2 is 1.97 bits per heavy atom. The van der Waals surface area contributed by atoms with E-state index in [1.54, 1.807) is 0 Å². The molecule has 1 N–H and O–H groups in total. The predicted octanol–water partition coefficient (Wildman–Crippen LogP) is 2.66. The molecule has 3 aliphatic heterocycles. The lowest BCUT2D eigenvalue weighted by atomic mass is 10.0. The predicted molar refractivity (Wildman–Crippen MR) is 117 cm³/mol. The number of rotatable bonds is 0. The van der Waals surface area contributed by atoms with Gasteiger partial charge in [-0.3, -0.25) is 9.80 Å². The highest BCUT2D eigenvalue weighted by Gasteiger charge is 2.36. The molecular formula is C23H28N6O. The fraction of sp³-hybridized carbons (Fsp3) is 0.478. The number of anilines is 1. The minimum atomic E-state index is 0.413. The number of ether oxygens (including phenoxy) is 1. The minimum Gasteiger partial charge on any atom is -0.492 e. The van der Waals surface area contributed by atoms with Gasteiger partial charge in [0.1, 0.15) is 18.2 Å². The van der Waals surface area contributed by atoms with E-state index in [0.717, 1.165) is 61.1 Å². The van der Waals surface area contributed by atoms with Crippen LogP contribution in [0.4, 0.5) is 5.82 Å². The summed E-state index contributed by atoms with van der Waals surface area (Å²) in [5.74, 6) is 1.83. The van der Waals surface area contributed by atoms with Crippen molar-refractivity contribution >= 4 is 11.5 Å². The van der Waals surface area contributed by atoms with Crippen molar-refractivity contribution in [3.05, 3.63) is 42.2 Å². The third kappa shape index (κ3) is 3.13. The molecule has 30 heavy (non-hydrogen) atoms. The molecule has 0 radical (unpaired) electrons. The maximum atomic E-state index is 6.36. The second kappa shape index (κ2) is 7.25. The standard InChI is InChI=1S/C23H28N6O/c1-16-4-5-19-11-20(16)21-12-25-29-9-6-22(26-23(21)29)24-7-10-28-13-17-3-2-8-27(17)14-18(28)15-30-19/h4-6,9,11-12,17-18H,2-3,7-8,10,13-15H2,1H3,(H,24,26)/t17-,18-/m0/s1. The zero-order valence-corrected chi connectivity index (χ0v) is 17.4. The number of nitrogens with zero attached hydrogens (tertiary/aromatic N) is 5. The minimum absolute atomic E-state index is 0.413. The van der Waals surface area contributed by atoms with Gasteiger partial charge < -0.3 is 10.1 Å². The van der Waals surface area contributed by atoms with Crippen LogP contribution in [0.15, 0.2) is 36.7 Å². The fourth-order valence-corrected chi connectivity index (χ4v) is 5.24. The van der Waals surface area contributed by atoms with E-state index in [1.165, 1.54) is 24.9 Å². The highest BCUT2D eigenvalue weighted by atomic mass is 16.5. The molecule has 2 atom stereocenters. The Labute approximate surface area is 176 Å². The summed E-state index contributed by atoms with van der Waals surface area (Å²) in [6, 6.07) is 9.49. The van der Waals surface area contributed by atoms with Crippen molar-refractivity contribution in [3.63, 3.8) is 0 Å². The summed E-state index contributed by atoms with van der Waals surface area (Å²) >= 11 is 0. The molecule has 4 bridgehead atoms. The van der Waals surface area contributed by atoms with Crippen LogP contribution in [0.1, 0.15) is 18.4 Å². The number of fused-ring (bicyclic) bond motifs is 6. The summed E-state index contributed by atoms with van der Waals surface area (Å²) in [7, 11) is 0. The van der Waals surface area contributed by atoms with Crippen molar-refractivity contribution in [2.45, 2.75) is 31.8 Å². The Morgan fingerprint density at radius 3 is 2.93 bits per heavy atom. The SMILES string of the molecule is Cc1ccc2cc1-c1cnn3ccc(nc13)NCCN1C[C@@H]3CCCN3C[C@H]1CO2. The molecule has 5 heterocycles. The first-order valence-corrected chi connectivity index (χ1v) is 11.0. The highest BCUT2D eigenvalue weighted by molar-refractivity contribution is 5.80. The van der Waals surface area contributed by atoms with Crippen molar-refractivity contribution < 1.29 is 4.74 Å². The van der Waals surface area contributed by atoms with Crippen molar-refractivity contribution in [3.8, 4) is 16.9 Å². The lowest BCUT2D eigenvalue weighted by Gasteiger charge is -2.43. The van der Waals surface area contributed by atoms with Crippen molar-refractivity contribution in [1.29, 1.82) is 0 Å². The second-order valence-corrected chi connectivity index (χ2v) is 8.79. The van der Waals surface area contributed by atoms with Gasteiger partial charge in [-0.05, 0) is 55.6 Å². The highest BCUT2D eigenvalue weighted by Crippen LogP contribution is 2.31. The molecule has 7 nitrogen and oxygen atoms in total. The largest absolute Gasteiger partial charge is 0.492 e.